The summed E-state index contributed by atoms with van der Waals surface area (Å²) in [5.74, 6) is 0.658. The molecule has 6 heteroatoms. The summed E-state index contributed by atoms with van der Waals surface area (Å²) in [5, 5.41) is 3.19. The van der Waals surface area contributed by atoms with E-state index in [1.807, 2.05) is 59.5 Å². The topological polar surface area (TPSA) is 55.3 Å². The maximum atomic E-state index is 13.3. The number of carbonyl (C=O) groups is 1. The zero-order valence-electron chi connectivity index (χ0n) is 19.4. The Morgan fingerprint density at radius 3 is 2.69 bits per heavy atom. The van der Waals surface area contributed by atoms with E-state index in [4.69, 9.17) is 9.72 Å². The van der Waals surface area contributed by atoms with Crippen molar-refractivity contribution in [1.29, 1.82) is 0 Å². The summed E-state index contributed by atoms with van der Waals surface area (Å²) in [7, 11) is 0. The van der Waals surface area contributed by atoms with Gasteiger partial charge in [-0.05, 0) is 60.5 Å². The van der Waals surface area contributed by atoms with Gasteiger partial charge in [-0.15, -0.1) is 11.3 Å². The van der Waals surface area contributed by atoms with Gasteiger partial charge in [-0.1, -0.05) is 48.5 Å². The molecule has 6 rings (SSSR count). The monoisotopic (exact) mass is 477 g/mol. The molecule has 1 amide bonds. The minimum atomic E-state index is -0.542. The quantitative estimate of drug-likeness (QED) is 0.291. The number of aryl methyl sites for hydroxylation is 1. The third-order valence-corrected chi connectivity index (χ3v) is 7.32. The van der Waals surface area contributed by atoms with E-state index in [9.17, 15) is 4.79 Å². The lowest BCUT2D eigenvalue weighted by molar-refractivity contribution is -0.125. The summed E-state index contributed by atoms with van der Waals surface area (Å²) in [6, 6.07) is 26.3. The number of thiazole rings is 1. The SMILES string of the molecule is Cc1sc(-c2ccccn2)nc1-c1ccc2c(c1)N(Cc1cccc3ccccc13)C(=O)C(C)O2. The largest absolute Gasteiger partial charge is 0.479 e. The van der Waals surface area contributed by atoms with Gasteiger partial charge in [-0.25, -0.2) is 4.98 Å². The molecule has 0 aliphatic carbocycles. The van der Waals surface area contributed by atoms with Crippen molar-refractivity contribution in [3.05, 3.63) is 95.5 Å². The molecule has 0 radical (unpaired) electrons. The van der Waals surface area contributed by atoms with E-state index in [0.29, 0.717) is 12.3 Å². The fourth-order valence-electron chi connectivity index (χ4n) is 4.58. The van der Waals surface area contributed by atoms with Crippen molar-refractivity contribution in [1.82, 2.24) is 9.97 Å². The predicted molar refractivity (Wildman–Crippen MR) is 141 cm³/mol. The van der Waals surface area contributed by atoms with Crippen LogP contribution in [0.5, 0.6) is 5.75 Å². The van der Waals surface area contributed by atoms with Gasteiger partial charge in [-0.2, -0.15) is 0 Å². The summed E-state index contributed by atoms with van der Waals surface area (Å²) < 4.78 is 5.98. The Bertz CT molecular complexity index is 1560. The van der Waals surface area contributed by atoms with Crippen molar-refractivity contribution in [3.8, 4) is 27.7 Å². The van der Waals surface area contributed by atoms with Gasteiger partial charge in [0.15, 0.2) is 6.10 Å². The lowest BCUT2D eigenvalue weighted by Gasteiger charge is -2.33. The Morgan fingerprint density at radius 2 is 1.83 bits per heavy atom. The van der Waals surface area contributed by atoms with Gasteiger partial charge < -0.3 is 9.64 Å². The second-order valence-electron chi connectivity index (χ2n) is 8.64. The van der Waals surface area contributed by atoms with Crippen molar-refractivity contribution in [2.24, 2.45) is 0 Å². The van der Waals surface area contributed by atoms with Crippen molar-refractivity contribution in [2.45, 2.75) is 26.5 Å². The Hall–Kier alpha value is -4.03. The maximum absolute atomic E-state index is 13.3. The van der Waals surface area contributed by atoms with Crippen molar-refractivity contribution >= 4 is 33.7 Å². The molecule has 3 aromatic carbocycles. The van der Waals surface area contributed by atoms with Crippen LogP contribution in [0.4, 0.5) is 5.69 Å². The fraction of sp³-hybridized carbons (Fsp3) is 0.138. The molecule has 172 valence electrons. The number of carbonyl (C=O) groups excluding carboxylic acids is 1. The molecule has 0 bridgehead atoms. The molecule has 1 aliphatic rings. The number of amides is 1. The van der Waals surface area contributed by atoms with Gasteiger partial charge in [0.2, 0.25) is 0 Å². The van der Waals surface area contributed by atoms with Crippen LogP contribution in [0, 0.1) is 6.92 Å². The van der Waals surface area contributed by atoms with E-state index in [1.54, 1.807) is 24.5 Å². The number of benzene rings is 3. The van der Waals surface area contributed by atoms with Gasteiger partial charge in [0.25, 0.3) is 5.91 Å². The molecule has 2 aromatic heterocycles. The fourth-order valence-corrected chi connectivity index (χ4v) is 5.49. The maximum Gasteiger partial charge on any atom is 0.268 e. The number of hydrogen-bond donors (Lipinski definition) is 0. The number of nitrogens with zero attached hydrogens (tertiary/aromatic N) is 3. The average molecular weight is 478 g/mol. The summed E-state index contributed by atoms with van der Waals surface area (Å²) in [6.45, 7) is 4.34. The third kappa shape index (κ3) is 3.86. The van der Waals surface area contributed by atoms with Crippen LogP contribution in [0.15, 0.2) is 85.1 Å². The summed E-state index contributed by atoms with van der Waals surface area (Å²) in [6.07, 6.45) is 1.24. The lowest BCUT2D eigenvalue weighted by Crippen LogP contribution is -2.44. The van der Waals surface area contributed by atoms with Gasteiger partial charge in [0.05, 0.1) is 23.6 Å². The molecular formula is C29H23N3O2S. The second-order valence-corrected chi connectivity index (χ2v) is 9.85. The molecule has 35 heavy (non-hydrogen) atoms. The minimum absolute atomic E-state index is 0.0493. The Labute approximate surface area is 207 Å². The molecule has 5 nitrogen and oxygen atoms in total. The highest BCUT2D eigenvalue weighted by Gasteiger charge is 2.32. The van der Waals surface area contributed by atoms with Crippen LogP contribution in [0.3, 0.4) is 0 Å². The molecule has 3 heterocycles. The number of fused-ring (bicyclic) bond motifs is 2. The zero-order chi connectivity index (χ0) is 23.9. The summed E-state index contributed by atoms with van der Waals surface area (Å²) in [4.78, 5) is 25.6. The molecule has 1 unspecified atom stereocenters. The van der Waals surface area contributed by atoms with Crippen LogP contribution in [-0.4, -0.2) is 22.0 Å². The van der Waals surface area contributed by atoms with Crippen molar-refractivity contribution in [2.75, 3.05) is 4.90 Å². The van der Waals surface area contributed by atoms with E-state index >= 15 is 0 Å². The smallest absolute Gasteiger partial charge is 0.268 e. The van der Waals surface area contributed by atoms with Crippen LogP contribution in [0.25, 0.3) is 32.7 Å². The highest BCUT2D eigenvalue weighted by Crippen LogP contribution is 2.40. The minimum Gasteiger partial charge on any atom is -0.479 e. The van der Waals surface area contributed by atoms with Crippen LogP contribution < -0.4 is 9.64 Å². The summed E-state index contributed by atoms with van der Waals surface area (Å²) in [5.41, 5.74) is 4.58. The average Bonchev–Trinajstić information content (AvgIpc) is 3.29. The number of aromatic nitrogens is 2. The first-order chi connectivity index (χ1) is 17.1. The van der Waals surface area contributed by atoms with Crippen molar-refractivity contribution < 1.29 is 9.53 Å². The Balaban J connectivity index is 1.42. The van der Waals surface area contributed by atoms with E-state index < -0.39 is 6.10 Å². The molecule has 1 aliphatic heterocycles. The van der Waals surface area contributed by atoms with Gasteiger partial charge in [-0.3, -0.25) is 9.78 Å². The molecule has 0 spiro atoms. The molecule has 5 aromatic rings. The Kier molecular flexibility index (Phi) is 5.30. The van der Waals surface area contributed by atoms with Gasteiger partial charge in [0, 0.05) is 16.6 Å². The second kappa shape index (κ2) is 8.64. The number of ether oxygens (including phenoxy) is 1. The predicted octanol–water partition coefficient (Wildman–Crippen LogP) is 6.65. The highest BCUT2D eigenvalue weighted by atomic mass is 32.1. The number of pyridine rings is 1. The van der Waals surface area contributed by atoms with Crippen LogP contribution >= 0.6 is 11.3 Å². The number of hydrogen-bond acceptors (Lipinski definition) is 5. The molecule has 0 N–H and O–H groups in total. The molecule has 0 saturated carbocycles. The van der Waals surface area contributed by atoms with Crippen molar-refractivity contribution in [3.63, 3.8) is 0 Å². The highest BCUT2D eigenvalue weighted by molar-refractivity contribution is 7.15. The first kappa shape index (κ1) is 21.5. The number of rotatable bonds is 4. The lowest BCUT2D eigenvalue weighted by atomic mass is 10.0. The Morgan fingerprint density at radius 1 is 1.00 bits per heavy atom. The molecule has 0 saturated heterocycles. The van der Waals surface area contributed by atoms with E-state index in [-0.39, 0.29) is 5.91 Å². The van der Waals surface area contributed by atoms with E-state index in [0.717, 1.165) is 48.9 Å². The first-order valence-corrected chi connectivity index (χ1v) is 12.4. The normalized spacial score (nSPS) is 15.2. The van der Waals surface area contributed by atoms with Crippen LogP contribution in [0.1, 0.15) is 17.4 Å². The van der Waals surface area contributed by atoms with E-state index in [2.05, 4.69) is 36.2 Å². The molecular weight excluding hydrogens is 454 g/mol. The third-order valence-electron chi connectivity index (χ3n) is 6.33. The summed E-state index contributed by atoms with van der Waals surface area (Å²) >= 11 is 1.62. The standard InChI is InChI=1S/C29H23N3O2S/c1-18-29(33)32(17-22-10-7-9-20-8-3-4-11-23(20)22)25-16-21(13-14-26(25)34-18)27-19(2)35-28(31-27)24-12-5-6-15-30-24/h3-16,18H,17H2,1-2H3. The molecule has 1 atom stereocenters. The van der Waals surface area contributed by atoms with Crippen LogP contribution in [-0.2, 0) is 11.3 Å². The zero-order valence-corrected chi connectivity index (χ0v) is 20.3. The van der Waals surface area contributed by atoms with Crippen LogP contribution in [0.2, 0.25) is 0 Å². The van der Waals surface area contributed by atoms with Gasteiger partial charge >= 0.3 is 0 Å². The number of anilines is 1. The molecule has 0 fully saturated rings. The van der Waals surface area contributed by atoms with E-state index in [1.165, 1.54) is 0 Å². The first-order valence-electron chi connectivity index (χ1n) is 11.6. The van der Waals surface area contributed by atoms with Gasteiger partial charge in [0.1, 0.15) is 10.8 Å².